The molecular weight excluding hydrogens is 419 g/mol. The molecule has 3 amide bonds. The number of hydrogen-bond donors (Lipinski definition) is 1. The van der Waals surface area contributed by atoms with E-state index in [4.69, 9.17) is 16.3 Å². The molecule has 0 aliphatic carbocycles. The van der Waals surface area contributed by atoms with Gasteiger partial charge in [-0.1, -0.05) is 23.7 Å². The molecule has 0 spiro atoms. The number of nitrogens with zero attached hydrogens (tertiary/aromatic N) is 1. The van der Waals surface area contributed by atoms with Crippen LogP contribution < -0.4 is 10.1 Å². The van der Waals surface area contributed by atoms with E-state index in [-0.39, 0.29) is 15.6 Å². The topological polar surface area (TPSA) is 75.7 Å². The molecule has 9 heteroatoms. The number of thioether (sulfide) groups is 1. The predicted octanol–water partition coefficient (Wildman–Crippen LogP) is 4.55. The number of hydrogen-bond acceptors (Lipinski definition) is 5. The van der Waals surface area contributed by atoms with Crippen LogP contribution in [0.15, 0.2) is 47.4 Å². The Balaban J connectivity index is 1.69. The van der Waals surface area contributed by atoms with Crippen LogP contribution in [0.4, 0.5) is 14.9 Å². The van der Waals surface area contributed by atoms with Crippen molar-refractivity contribution in [3.63, 3.8) is 0 Å². The minimum atomic E-state index is -0.617. The summed E-state index contributed by atoms with van der Waals surface area (Å²) in [5, 5.41) is 1.79. The zero-order valence-electron chi connectivity index (χ0n) is 15.3. The van der Waals surface area contributed by atoms with Crippen LogP contribution in [0.2, 0.25) is 5.02 Å². The van der Waals surface area contributed by atoms with Crippen molar-refractivity contribution in [3.8, 4) is 5.75 Å². The standard InChI is InChI=1S/C20H16ClFN2O4S/c1-2-28-14-5-3-4-12(8-14)9-17-19(26)24(20(27)29-17)11-18(25)23-13-6-7-16(22)15(21)10-13/h3-10H,2,11H2,1H3,(H,23,25)/b17-9-. The van der Waals surface area contributed by atoms with E-state index < -0.39 is 29.4 Å². The molecule has 0 unspecified atom stereocenters. The second-order valence-electron chi connectivity index (χ2n) is 5.95. The lowest BCUT2D eigenvalue weighted by atomic mass is 10.2. The molecule has 1 saturated heterocycles. The Morgan fingerprint density at radius 2 is 2.07 bits per heavy atom. The largest absolute Gasteiger partial charge is 0.494 e. The summed E-state index contributed by atoms with van der Waals surface area (Å²) >= 11 is 6.43. The van der Waals surface area contributed by atoms with Crippen molar-refractivity contribution < 1.29 is 23.5 Å². The van der Waals surface area contributed by atoms with E-state index in [9.17, 15) is 18.8 Å². The summed E-state index contributed by atoms with van der Waals surface area (Å²) in [7, 11) is 0. The van der Waals surface area contributed by atoms with Crippen LogP contribution in [0.1, 0.15) is 12.5 Å². The molecule has 0 aromatic heterocycles. The van der Waals surface area contributed by atoms with Gasteiger partial charge in [-0.2, -0.15) is 0 Å². The molecule has 1 aliphatic rings. The number of carbonyl (C=O) groups excluding carboxylic acids is 3. The second-order valence-corrected chi connectivity index (χ2v) is 7.35. The second kappa shape index (κ2) is 9.11. The highest BCUT2D eigenvalue weighted by molar-refractivity contribution is 8.18. The molecule has 1 heterocycles. The van der Waals surface area contributed by atoms with E-state index in [2.05, 4.69) is 5.32 Å². The van der Waals surface area contributed by atoms with Gasteiger partial charge in [0.25, 0.3) is 11.1 Å². The number of amides is 3. The lowest BCUT2D eigenvalue weighted by Crippen LogP contribution is -2.36. The van der Waals surface area contributed by atoms with Gasteiger partial charge in [0.05, 0.1) is 16.5 Å². The highest BCUT2D eigenvalue weighted by atomic mass is 35.5. The highest BCUT2D eigenvalue weighted by Gasteiger charge is 2.36. The third-order valence-electron chi connectivity index (χ3n) is 3.85. The van der Waals surface area contributed by atoms with E-state index in [1.807, 2.05) is 6.92 Å². The Morgan fingerprint density at radius 3 is 2.79 bits per heavy atom. The van der Waals surface area contributed by atoms with Crippen LogP contribution in [0, 0.1) is 5.82 Å². The number of nitrogens with one attached hydrogen (secondary N) is 1. The van der Waals surface area contributed by atoms with Crippen molar-refractivity contribution in [1.29, 1.82) is 0 Å². The van der Waals surface area contributed by atoms with Gasteiger partial charge in [0.1, 0.15) is 18.1 Å². The summed E-state index contributed by atoms with van der Waals surface area (Å²) in [6.45, 7) is 1.91. The smallest absolute Gasteiger partial charge is 0.294 e. The van der Waals surface area contributed by atoms with Gasteiger partial charge in [0, 0.05) is 5.69 Å². The van der Waals surface area contributed by atoms with Gasteiger partial charge in [-0.15, -0.1) is 0 Å². The van der Waals surface area contributed by atoms with Gasteiger partial charge in [-0.05, 0) is 60.7 Å². The van der Waals surface area contributed by atoms with E-state index in [1.54, 1.807) is 30.3 Å². The normalized spacial score (nSPS) is 15.1. The first-order valence-electron chi connectivity index (χ1n) is 8.60. The molecule has 0 atom stereocenters. The zero-order chi connectivity index (χ0) is 21.0. The lowest BCUT2D eigenvalue weighted by molar-refractivity contribution is -0.127. The van der Waals surface area contributed by atoms with E-state index >= 15 is 0 Å². The van der Waals surface area contributed by atoms with Gasteiger partial charge >= 0.3 is 0 Å². The maximum Gasteiger partial charge on any atom is 0.294 e. The lowest BCUT2D eigenvalue weighted by Gasteiger charge is -2.12. The number of benzene rings is 2. The Hall–Kier alpha value is -2.84. The summed E-state index contributed by atoms with van der Waals surface area (Å²) in [5.74, 6) is -1.13. The average Bonchev–Trinajstić information content (AvgIpc) is 2.93. The molecule has 1 N–H and O–H groups in total. The summed E-state index contributed by atoms with van der Waals surface area (Å²) < 4.78 is 18.6. The number of carbonyl (C=O) groups is 3. The van der Waals surface area contributed by atoms with Crippen molar-refractivity contribution >= 4 is 52.2 Å². The van der Waals surface area contributed by atoms with Crippen LogP contribution in [0.3, 0.4) is 0 Å². The molecule has 0 bridgehead atoms. The maximum absolute atomic E-state index is 13.2. The van der Waals surface area contributed by atoms with Gasteiger partial charge in [-0.3, -0.25) is 19.3 Å². The van der Waals surface area contributed by atoms with Crippen molar-refractivity contribution in [1.82, 2.24) is 4.90 Å². The fourth-order valence-electron chi connectivity index (χ4n) is 2.57. The van der Waals surface area contributed by atoms with E-state index in [1.165, 1.54) is 12.1 Å². The molecule has 0 radical (unpaired) electrons. The summed E-state index contributed by atoms with van der Waals surface area (Å²) in [6, 6.07) is 10.8. The fourth-order valence-corrected chi connectivity index (χ4v) is 3.59. The third-order valence-corrected chi connectivity index (χ3v) is 5.04. The van der Waals surface area contributed by atoms with Crippen LogP contribution >= 0.6 is 23.4 Å². The number of anilines is 1. The molecule has 1 aliphatic heterocycles. The summed E-state index contributed by atoms with van der Waals surface area (Å²) in [6.07, 6.45) is 1.57. The predicted molar refractivity (Wildman–Crippen MR) is 110 cm³/mol. The first-order valence-corrected chi connectivity index (χ1v) is 9.80. The van der Waals surface area contributed by atoms with Gasteiger partial charge in [-0.25, -0.2) is 4.39 Å². The molecular formula is C20H16ClFN2O4S. The molecule has 2 aromatic carbocycles. The monoisotopic (exact) mass is 434 g/mol. The highest BCUT2D eigenvalue weighted by Crippen LogP contribution is 2.32. The Bertz CT molecular complexity index is 1010. The van der Waals surface area contributed by atoms with Crippen molar-refractivity contribution in [2.75, 3.05) is 18.5 Å². The number of imide groups is 1. The number of rotatable bonds is 6. The van der Waals surface area contributed by atoms with Crippen LogP contribution in [-0.4, -0.2) is 35.1 Å². The molecule has 0 saturated carbocycles. The Kier molecular flexibility index (Phi) is 6.56. The summed E-state index contributed by atoms with van der Waals surface area (Å²) in [5.41, 5.74) is 0.962. The minimum Gasteiger partial charge on any atom is -0.494 e. The van der Waals surface area contributed by atoms with Crippen LogP contribution in [-0.2, 0) is 9.59 Å². The summed E-state index contributed by atoms with van der Waals surface area (Å²) in [4.78, 5) is 38.0. The number of halogens is 2. The van der Waals surface area contributed by atoms with E-state index in [0.717, 1.165) is 22.7 Å². The minimum absolute atomic E-state index is 0.147. The quantitative estimate of drug-likeness (QED) is 0.675. The molecule has 3 rings (SSSR count). The first kappa shape index (κ1) is 20.9. The average molecular weight is 435 g/mol. The Morgan fingerprint density at radius 1 is 1.28 bits per heavy atom. The molecule has 29 heavy (non-hydrogen) atoms. The number of ether oxygens (including phenoxy) is 1. The molecule has 150 valence electrons. The van der Waals surface area contributed by atoms with Gasteiger partial charge < -0.3 is 10.1 Å². The SMILES string of the molecule is CCOc1cccc(/C=C2\SC(=O)N(CC(=O)Nc3ccc(F)c(Cl)c3)C2=O)c1. The Labute approximate surface area is 175 Å². The molecule has 1 fully saturated rings. The molecule has 2 aromatic rings. The van der Waals surface area contributed by atoms with Crippen molar-refractivity contribution in [2.24, 2.45) is 0 Å². The van der Waals surface area contributed by atoms with Gasteiger partial charge in [0.2, 0.25) is 5.91 Å². The van der Waals surface area contributed by atoms with E-state index in [0.29, 0.717) is 17.9 Å². The van der Waals surface area contributed by atoms with Crippen molar-refractivity contribution in [3.05, 3.63) is 63.8 Å². The van der Waals surface area contributed by atoms with Crippen LogP contribution in [0.5, 0.6) is 5.75 Å². The van der Waals surface area contributed by atoms with Crippen molar-refractivity contribution in [2.45, 2.75) is 6.92 Å². The van der Waals surface area contributed by atoms with Gasteiger partial charge in [0.15, 0.2) is 0 Å². The third kappa shape index (κ3) is 5.16. The molecule has 6 nitrogen and oxygen atoms in total. The zero-order valence-corrected chi connectivity index (χ0v) is 16.8. The van der Waals surface area contributed by atoms with Crippen LogP contribution in [0.25, 0.3) is 6.08 Å². The fraction of sp³-hybridized carbons (Fsp3) is 0.150. The first-order chi connectivity index (χ1) is 13.9. The maximum atomic E-state index is 13.2.